The van der Waals surface area contributed by atoms with Crippen LogP contribution in [0.25, 0.3) is 10.9 Å². The number of ketones is 2. The first-order valence-electron chi connectivity index (χ1n) is 13.8. The quantitative estimate of drug-likeness (QED) is 0.342. The lowest BCUT2D eigenvalue weighted by Gasteiger charge is -2.45. The number of benzene rings is 1. The molecule has 8 atom stereocenters. The van der Waals surface area contributed by atoms with Crippen molar-refractivity contribution in [2.24, 2.45) is 29.1 Å². The number of ether oxygens (including phenoxy) is 1. The van der Waals surface area contributed by atoms with Crippen molar-refractivity contribution in [3.05, 3.63) is 72.0 Å². The summed E-state index contributed by atoms with van der Waals surface area (Å²) in [6, 6.07) is 7.90. The first-order chi connectivity index (χ1) is 18.2. The van der Waals surface area contributed by atoms with Crippen molar-refractivity contribution in [2.45, 2.75) is 64.7 Å². The zero-order valence-electron chi connectivity index (χ0n) is 22.5. The van der Waals surface area contributed by atoms with Crippen LogP contribution in [0.5, 0.6) is 0 Å². The molecule has 3 heterocycles. The summed E-state index contributed by atoms with van der Waals surface area (Å²) >= 11 is 0. The van der Waals surface area contributed by atoms with E-state index in [4.69, 9.17) is 4.74 Å². The van der Waals surface area contributed by atoms with Gasteiger partial charge in [0.15, 0.2) is 11.6 Å². The van der Waals surface area contributed by atoms with Crippen molar-refractivity contribution in [3.63, 3.8) is 0 Å². The molecule has 0 unspecified atom stereocenters. The maximum atomic E-state index is 14.2. The van der Waals surface area contributed by atoms with Crippen molar-refractivity contribution >= 4 is 28.4 Å². The van der Waals surface area contributed by atoms with Gasteiger partial charge in [-0.05, 0) is 62.3 Å². The van der Waals surface area contributed by atoms with Crippen LogP contribution in [0, 0.1) is 29.1 Å². The van der Waals surface area contributed by atoms with Crippen LogP contribution in [0.15, 0.2) is 66.4 Å². The third kappa shape index (κ3) is 3.68. The Labute approximate surface area is 223 Å². The van der Waals surface area contributed by atoms with Gasteiger partial charge < -0.3 is 15.0 Å². The molecule has 1 aromatic heterocycles. The van der Waals surface area contributed by atoms with E-state index in [2.05, 4.69) is 55.4 Å². The fourth-order valence-electron chi connectivity index (χ4n) is 7.70. The lowest BCUT2D eigenvalue weighted by molar-refractivity contribution is -0.145. The summed E-state index contributed by atoms with van der Waals surface area (Å²) in [6.07, 6.45) is 12.5. The fourth-order valence-corrected chi connectivity index (χ4v) is 7.70. The number of carbonyl (C=O) groups excluding carboxylic acids is 3. The molecule has 2 N–H and O–H groups in total. The van der Waals surface area contributed by atoms with E-state index in [9.17, 15) is 14.4 Å². The van der Waals surface area contributed by atoms with Crippen LogP contribution >= 0.6 is 0 Å². The summed E-state index contributed by atoms with van der Waals surface area (Å²) in [6.45, 7) is 8.31. The van der Waals surface area contributed by atoms with E-state index in [0.717, 1.165) is 28.5 Å². The number of rotatable bonds is 2. The zero-order chi connectivity index (χ0) is 26.8. The second-order valence-corrected chi connectivity index (χ2v) is 12.1. The summed E-state index contributed by atoms with van der Waals surface area (Å²) in [5.74, 6) is -1.12. The van der Waals surface area contributed by atoms with Gasteiger partial charge in [-0.15, -0.1) is 0 Å². The zero-order valence-corrected chi connectivity index (χ0v) is 22.5. The topological polar surface area (TPSA) is 91.6 Å². The smallest absolute Gasteiger partial charge is 0.235 e. The molecule has 4 aliphatic rings. The average molecular weight is 513 g/mol. The summed E-state index contributed by atoms with van der Waals surface area (Å²) in [7, 11) is 0. The summed E-state index contributed by atoms with van der Waals surface area (Å²) in [4.78, 5) is 44.4. The van der Waals surface area contributed by atoms with Gasteiger partial charge in [0.05, 0.1) is 11.7 Å². The van der Waals surface area contributed by atoms with Gasteiger partial charge in [0.2, 0.25) is 5.91 Å². The largest absolute Gasteiger partial charge is 0.365 e. The molecular weight excluding hydrogens is 476 g/mol. The Balaban J connectivity index is 1.46. The molecule has 1 amide bonds. The standard InChI is InChI=1S/C32H36N2O4/c1-18-8-7-10-24-29-31(4,38-29)20(3)28-26(16-21-17-33-25-11-6-5-9-23(21)25)34-30(37)32(24,28)27(36)13-12-22(35)15-19(2)14-18/h5-7,9-14,17-18,20,24,26,28-29,33H,8,15-16H2,1-4H3,(H,34,37)/b10-7-,13-12-,19-14-/t18-,20-,24-,26-,28-,29-,31+,32+/m0/s1. The van der Waals surface area contributed by atoms with Crippen LogP contribution in [0.3, 0.4) is 0 Å². The van der Waals surface area contributed by atoms with Crippen LogP contribution in [-0.4, -0.2) is 40.2 Å². The van der Waals surface area contributed by atoms with Crippen molar-refractivity contribution in [1.82, 2.24) is 10.3 Å². The molecule has 0 radical (unpaired) electrons. The predicted molar refractivity (Wildman–Crippen MR) is 146 cm³/mol. The number of nitrogens with one attached hydrogen (secondary N) is 2. The molecule has 2 aliphatic carbocycles. The summed E-state index contributed by atoms with van der Waals surface area (Å²) in [5, 5.41) is 4.39. The molecule has 6 rings (SSSR count). The highest BCUT2D eigenvalue weighted by molar-refractivity contribution is 6.15. The average Bonchev–Trinajstić information content (AvgIpc) is 3.28. The molecule has 2 aromatic rings. The maximum absolute atomic E-state index is 14.2. The summed E-state index contributed by atoms with van der Waals surface area (Å²) in [5.41, 5.74) is 1.44. The molecule has 6 nitrogen and oxygen atoms in total. The first-order valence-corrected chi connectivity index (χ1v) is 13.8. The van der Waals surface area contributed by atoms with Crippen LogP contribution in [0.1, 0.15) is 46.1 Å². The highest BCUT2D eigenvalue weighted by Crippen LogP contribution is 2.66. The Morgan fingerprint density at radius 1 is 1.11 bits per heavy atom. The van der Waals surface area contributed by atoms with E-state index in [0.29, 0.717) is 6.42 Å². The number of fused-ring (bicyclic) bond motifs is 3. The van der Waals surface area contributed by atoms with Crippen LogP contribution < -0.4 is 5.32 Å². The Hall–Kier alpha value is -3.25. The number of epoxide rings is 1. The van der Waals surface area contributed by atoms with Crippen LogP contribution in [-0.2, 0) is 25.5 Å². The number of allylic oxidation sites excluding steroid dienone is 5. The van der Waals surface area contributed by atoms with E-state index in [-0.39, 0.29) is 53.8 Å². The number of aromatic nitrogens is 1. The van der Waals surface area contributed by atoms with Gasteiger partial charge in [0.1, 0.15) is 5.41 Å². The lowest BCUT2D eigenvalue weighted by Crippen LogP contribution is -2.58. The van der Waals surface area contributed by atoms with Gasteiger partial charge in [-0.3, -0.25) is 14.4 Å². The number of hydrogen-bond donors (Lipinski definition) is 2. The summed E-state index contributed by atoms with van der Waals surface area (Å²) < 4.78 is 6.35. The Bertz CT molecular complexity index is 1420. The maximum Gasteiger partial charge on any atom is 0.235 e. The van der Waals surface area contributed by atoms with E-state index >= 15 is 0 Å². The predicted octanol–water partition coefficient (Wildman–Crippen LogP) is 4.86. The number of para-hydroxylation sites is 1. The van der Waals surface area contributed by atoms with Crippen molar-refractivity contribution in [2.75, 3.05) is 0 Å². The normalized spacial score (nSPS) is 41.9. The Morgan fingerprint density at radius 2 is 1.89 bits per heavy atom. The fraction of sp³-hybridized carbons (Fsp3) is 0.469. The molecule has 1 aromatic carbocycles. The molecule has 2 saturated heterocycles. The Kier molecular flexibility index (Phi) is 5.87. The highest BCUT2D eigenvalue weighted by atomic mass is 16.6. The molecule has 1 spiro atoms. The molecule has 0 bridgehead atoms. The van der Waals surface area contributed by atoms with Gasteiger partial charge >= 0.3 is 0 Å². The molecule has 6 heteroatoms. The van der Waals surface area contributed by atoms with Gasteiger partial charge in [-0.25, -0.2) is 0 Å². The third-order valence-electron chi connectivity index (χ3n) is 9.65. The van der Waals surface area contributed by atoms with Gasteiger partial charge in [0, 0.05) is 41.4 Å². The highest BCUT2D eigenvalue weighted by Gasteiger charge is 2.78. The van der Waals surface area contributed by atoms with Crippen molar-refractivity contribution in [1.29, 1.82) is 0 Å². The number of hydrogen-bond acceptors (Lipinski definition) is 4. The molecule has 1 saturated carbocycles. The van der Waals surface area contributed by atoms with E-state index in [1.54, 1.807) is 0 Å². The molecule has 2 aliphatic heterocycles. The Morgan fingerprint density at radius 3 is 2.71 bits per heavy atom. The van der Waals surface area contributed by atoms with E-state index in [1.165, 1.54) is 12.2 Å². The van der Waals surface area contributed by atoms with Crippen LogP contribution in [0.4, 0.5) is 0 Å². The van der Waals surface area contributed by atoms with Gasteiger partial charge in [-0.1, -0.05) is 55.8 Å². The number of H-pyrrole nitrogens is 1. The number of aromatic amines is 1. The minimum atomic E-state index is -1.32. The molecule has 198 valence electrons. The second kappa shape index (κ2) is 8.91. The lowest BCUT2D eigenvalue weighted by atomic mass is 9.51. The van der Waals surface area contributed by atoms with Crippen molar-refractivity contribution < 1.29 is 19.1 Å². The minimum absolute atomic E-state index is 0.0297. The minimum Gasteiger partial charge on any atom is -0.365 e. The first kappa shape index (κ1) is 25.1. The van der Waals surface area contributed by atoms with E-state index < -0.39 is 16.9 Å². The number of amides is 1. The van der Waals surface area contributed by atoms with Crippen LogP contribution in [0.2, 0.25) is 0 Å². The second-order valence-electron chi connectivity index (χ2n) is 12.1. The van der Waals surface area contributed by atoms with E-state index in [1.807, 2.05) is 31.3 Å². The number of carbonyl (C=O) groups is 3. The monoisotopic (exact) mass is 512 g/mol. The molecule has 38 heavy (non-hydrogen) atoms. The van der Waals surface area contributed by atoms with Crippen molar-refractivity contribution in [3.8, 4) is 0 Å². The van der Waals surface area contributed by atoms with Gasteiger partial charge in [0.25, 0.3) is 0 Å². The van der Waals surface area contributed by atoms with Gasteiger partial charge in [-0.2, -0.15) is 0 Å². The SMILES string of the molecule is C/C1=C/[C@@H](C)C/C=C\[C@H]2[C@@H]3O[C@]3(C)[C@@H](C)[C@H]3[C@H](Cc4c[nH]c5ccccc45)NC(=O)[C@]32C(=O)/C=C\C(=O)C1. The molecular formula is C32H36N2O4. The molecule has 3 fully saturated rings. The third-order valence-corrected chi connectivity index (χ3v) is 9.65.